The summed E-state index contributed by atoms with van der Waals surface area (Å²) in [5, 5.41) is 13.0. The molecule has 0 spiro atoms. The van der Waals surface area contributed by atoms with Crippen LogP contribution < -0.4 is 5.32 Å². The molecule has 1 aromatic carbocycles. The Kier molecular flexibility index (Phi) is 5.15. The maximum absolute atomic E-state index is 13.8. The first kappa shape index (κ1) is 15.6. The van der Waals surface area contributed by atoms with Crippen molar-refractivity contribution in [1.82, 2.24) is 5.32 Å². The van der Waals surface area contributed by atoms with Gasteiger partial charge in [-0.3, -0.25) is 14.9 Å². The van der Waals surface area contributed by atoms with E-state index < -0.39 is 39.8 Å². The molecule has 0 heterocycles. The van der Waals surface area contributed by atoms with Gasteiger partial charge < -0.3 is 5.32 Å². The van der Waals surface area contributed by atoms with Gasteiger partial charge in [0.1, 0.15) is 5.82 Å². The number of rotatable bonds is 5. The average Bonchev–Trinajstić information content (AvgIpc) is 2.39. The zero-order chi connectivity index (χ0) is 15.3. The summed E-state index contributed by atoms with van der Waals surface area (Å²) in [7, 11) is 0. The van der Waals surface area contributed by atoms with Crippen LogP contribution in [-0.2, 0) is 0 Å². The number of terminal acetylenes is 1. The van der Waals surface area contributed by atoms with E-state index in [4.69, 9.17) is 6.42 Å². The number of carbonyl (C=O) groups is 1. The van der Waals surface area contributed by atoms with Gasteiger partial charge in [0.05, 0.1) is 16.6 Å². The van der Waals surface area contributed by atoms with Crippen LogP contribution in [-0.4, -0.2) is 16.9 Å². The van der Waals surface area contributed by atoms with Crippen molar-refractivity contribution in [2.24, 2.45) is 0 Å². The smallest absolute Gasteiger partial charge is 0.308 e. The maximum Gasteiger partial charge on any atom is 0.308 e. The van der Waals surface area contributed by atoms with E-state index in [0.717, 1.165) is 0 Å². The quantitative estimate of drug-likeness (QED) is 0.512. The lowest BCUT2D eigenvalue weighted by Gasteiger charge is -2.14. The number of amides is 1. The van der Waals surface area contributed by atoms with Gasteiger partial charge in [-0.1, -0.05) is 6.92 Å². The van der Waals surface area contributed by atoms with Crippen molar-refractivity contribution in [2.75, 3.05) is 0 Å². The predicted molar refractivity (Wildman–Crippen MR) is 68.0 cm³/mol. The highest BCUT2D eigenvalue weighted by atomic mass is 19.1. The molecule has 0 radical (unpaired) electrons. The molecule has 0 aliphatic rings. The van der Waals surface area contributed by atoms with E-state index in [1.165, 1.54) is 0 Å². The molecule has 0 fully saturated rings. The molecule has 1 amide bonds. The Balaban J connectivity index is 3.10. The Bertz CT molecular complexity index is 582. The first-order chi connectivity index (χ1) is 9.40. The van der Waals surface area contributed by atoms with Crippen LogP contribution in [0.3, 0.4) is 0 Å². The van der Waals surface area contributed by atoms with E-state index in [1.807, 2.05) is 0 Å². The second-order valence-corrected chi connectivity index (χ2v) is 4.03. The molecule has 0 bridgehead atoms. The summed E-state index contributed by atoms with van der Waals surface area (Å²) in [6.45, 7) is 1.76. The third-order valence-electron chi connectivity index (χ3n) is 2.65. The molecule has 106 valence electrons. The molecule has 0 aliphatic heterocycles. The zero-order valence-corrected chi connectivity index (χ0v) is 10.7. The number of halogens is 2. The molecule has 0 saturated heterocycles. The van der Waals surface area contributed by atoms with Crippen LogP contribution in [0.5, 0.6) is 0 Å². The number of nitro groups is 1. The third-order valence-corrected chi connectivity index (χ3v) is 2.65. The molecule has 5 nitrogen and oxygen atoms in total. The van der Waals surface area contributed by atoms with Crippen molar-refractivity contribution in [3.8, 4) is 12.3 Å². The predicted octanol–water partition coefficient (Wildman–Crippen LogP) is 2.40. The van der Waals surface area contributed by atoms with Gasteiger partial charge in [0.15, 0.2) is 0 Å². The number of hydrogen-bond donors (Lipinski definition) is 1. The van der Waals surface area contributed by atoms with Crippen LogP contribution in [0.1, 0.15) is 30.1 Å². The Hall–Kier alpha value is -2.49. The van der Waals surface area contributed by atoms with Crippen molar-refractivity contribution in [2.45, 2.75) is 25.8 Å². The molecule has 0 saturated carbocycles. The minimum Gasteiger partial charge on any atom is -0.348 e. The van der Waals surface area contributed by atoms with Gasteiger partial charge in [-0.05, 0) is 12.5 Å². The van der Waals surface area contributed by atoms with Crippen LogP contribution in [0.2, 0.25) is 0 Å². The number of nitrogens with zero attached hydrogens (tertiary/aromatic N) is 1. The number of nitrogens with one attached hydrogen (secondary N) is 1. The summed E-state index contributed by atoms with van der Waals surface area (Å²) >= 11 is 0. The summed E-state index contributed by atoms with van der Waals surface area (Å²) < 4.78 is 27.0. The van der Waals surface area contributed by atoms with Crippen molar-refractivity contribution < 1.29 is 18.5 Å². The molecular weight excluding hydrogens is 270 g/mol. The maximum atomic E-state index is 13.8. The third kappa shape index (κ3) is 3.51. The fraction of sp³-hybridized carbons (Fsp3) is 0.308. The van der Waals surface area contributed by atoms with Crippen LogP contribution in [0.4, 0.5) is 14.5 Å². The Morgan fingerprint density at radius 3 is 2.70 bits per heavy atom. The molecule has 1 N–H and O–H groups in total. The fourth-order valence-electron chi connectivity index (χ4n) is 1.58. The Morgan fingerprint density at radius 2 is 2.20 bits per heavy atom. The van der Waals surface area contributed by atoms with Crippen molar-refractivity contribution in [1.29, 1.82) is 0 Å². The SMILES string of the molecule is C#CCC(CC)NC(=O)c1cc(F)cc([N+](=O)[O-])c1F. The van der Waals surface area contributed by atoms with Gasteiger partial charge in [-0.2, -0.15) is 4.39 Å². The van der Waals surface area contributed by atoms with Gasteiger partial charge in [0, 0.05) is 12.5 Å². The van der Waals surface area contributed by atoms with Crippen molar-refractivity contribution in [3.63, 3.8) is 0 Å². The summed E-state index contributed by atoms with van der Waals surface area (Å²) in [6.07, 6.45) is 5.83. The second kappa shape index (κ2) is 6.61. The van der Waals surface area contributed by atoms with Crippen molar-refractivity contribution in [3.05, 3.63) is 39.4 Å². The van der Waals surface area contributed by atoms with E-state index in [9.17, 15) is 23.7 Å². The van der Waals surface area contributed by atoms with Crippen LogP contribution in [0.15, 0.2) is 12.1 Å². The lowest BCUT2D eigenvalue weighted by atomic mass is 10.1. The molecule has 1 rings (SSSR count). The molecule has 20 heavy (non-hydrogen) atoms. The Morgan fingerprint density at radius 1 is 1.55 bits per heavy atom. The minimum atomic E-state index is -1.37. The summed E-state index contributed by atoms with van der Waals surface area (Å²) in [5.74, 6) is -1.03. The van der Waals surface area contributed by atoms with E-state index in [1.54, 1.807) is 6.92 Å². The molecule has 1 aromatic rings. The monoisotopic (exact) mass is 282 g/mol. The number of benzene rings is 1. The number of carbonyl (C=O) groups excluding carboxylic acids is 1. The van der Waals surface area contributed by atoms with E-state index in [2.05, 4.69) is 11.2 Å². The topological polar surface area (TPSA) is 72.2 Å². The summed E-state index contributed by atoms with van der Waals surface area (Å²) in [5.41, 5.74) is -1.80. The van der Waals surface area contributed by atoms with E-state index >= 15 is 0 Å². The second-order valence-electron chi connectivity index (χ2n) is 4.03. The highest BCUT2D eigenvalue weighted by molar-refractivity contribution is 5.95. The lowest BCUT2D eigenvalue weighted by Crippen LogP contribution is -2.34. The standard InChI is InChI=1S/C13H12F2N2O3/c1-3-5-9(4-2)16-13(18)10-6-8(14)7-11(12(10)15)17(19)20/h1,6-7,9H,4-5H2,2H3,(H,16,18). The number of nitro benzene ring substituents is 1. The molecular formula is C13H12F2N2O3. The van der Waals surface area contributed by atoms with Gasteiger partial charge in [0.2, 0.25) is 5.82 Å². The zero-order valence-electron chi connectivity index (χ0n) is 10.7. The van der Waals surface area contributed by atoms with Gasteiger partial charge in [-0.15, -0.1) is 12.3 Å². The first-order valence-electron chi connectivity index (χ1n) is 5.78. The van der Waals surface area contributed by atoms with Gasteiger partial charge in [0.25, 0.3) is 5.91 Å². The summed E-state index contributed by atoms with van der Waals surface area (Å²) in [6, 6.07) is 0.625. The summed E-state index contributed by atoms with van der Waals surface area (Å²) in [4.78, 5) is 21.3. The van der Waals surface area contributed by atoms with Crippen LogP contribution >= 0.6 is 0 Å². The minimum absolute atomic E-state index is 0.223. The van der Waals surface area contributed by atoms with Gasteiger partial charge in [-0.25, -0.2) is 4.39 Å². The van der Waals surface area contributed by atoms with Crippen molar-refractivity contribution >= 4 is 11.6 Å². The van der Waals surface area contributed by atoms with Crippen LogP contribution in [0, 0.1) is 34.1 Å². The fourth-order valence-corrected chi connectivity index (χ4v) is 1.58. The van der Waals surface area contributed by atoms with Gasteiger partial charge >= 0.3 is 5.69 Å². The number of hydrogen-bond acceptors (Lipinski definition) is 3. The van der Waals surface area contributed by atoms with E-state index in [0.29, 0.717) is 18.6 Å². The average molecular weight is 282 g/mol. The lowest BCUT2D eigenvalue weighted by molar-refractivity contribution is -0.387. The highest BCUT2D eigenvalue weighted by Gasteiger charge is 2.25. The normalized spacial score (nSPS) is 11.5. The Labute approximate surface area is 114 Å². The molecule has 7 heteroatoms. The van der Waals surface area contributed by atoms with E-state index in [-0.39, 0.29) is 6.42 Å². The molecule has 0 aliphatic carbocycles. The molecule has 0 aromatic heterocycles. The largest absolute Gasteiger partial charge is 0.348 e. The molecule has 1 unspecified atom stereocenters. The highest BCUT2D eigenvalue weighted by Crippen LogP contribution is 2.22. The van der Waals surface area contributed by atoms with Crippen LogP contribution in [0.25, 0.3) is 0 Å². The molecule has 1 atom stereocenters. The first-order valence-corrected chi connectivity index (χ1v) is 5.78.